The summed E-state index contributed by atoms with van der Waals surface area (Å²) in [6, 6.07) is 2.87. The second-order valence-electron chi connectivity index (χ2n) is 10.7. The maximum Gasteiger partial charge on any atom is 0.408 e. The van der Waals surface area contributed by atoms with Gasteiger partial charge in [-0.1, -0.05) is 37.1 Å². The van der Waals surface area contributed by atoms with Crippen molar-refractivity contribution in [1.29, 1.82) is 0 Å². The summed E-state index contributed by atoms with van der Waals surface area (Å²) in [5, 5.41) is 5.51. The predicted octanol–water partition coefficient (Wildman–Crippen LogP) is 3.66. The number of hydrogen-bond acceptors (Lipinski definition) is 5. The van der Waals surface area contributed by atoms with E-state index in [1.165, 1.54) is 4.90 Å². The van der Waals surface area contributed by atoms with Gasteiger partial charge in [0.05, 0.1) is 6.42 Å². The minimum absolute atomic E-state index is 0.0961. The molecule has 1 rings (SSSR count). The number of benzene rings is 1. The van der Waals surface area contributed by atoms with Crippen LogP contribution in [0.2, 0.25) is 0 Å². The zero-order valence-corrected chi connectivity index (χ0v) is 23.2. The highest BCUT2D eigenvalue weighted by molar-refractivity contribution is 5.95. The number of amides is 4. The highest BCUT2D eigenvalue weighted by Crippen LogP contribution is 2.29. The predicted molar refractivity (Wildman–Crippen MR) is 140 cm³/mol. The molecule has 4 N–H and O–H groups in total. The molecule has 4 amide bonds. The Morgan fingerprint density at radius 3 is 2.14 bits per heavy atom. The lowest BCUT2D eigenvalue weighted by Gasteiger charge is -2.38. The zero-order chi connectivity index (χ0) is 27.8. The molecule has 36 heavy (non-hydrogen) atoms. The summed E-state index contributed by atoms with van der Waals surface area (Å²) >= 11 is 0. The summed E-state index contributed by atoms with van der Waals surface area (Å²) in [7, 11) is 0. The number of aryl methyl sites for hydroxylation is 2. The first-order valence-corrected chi connectivity index (χ1v) is 12.5. The largest absolute Gasteiger partial charge is 0.444 e. The third-order valence-electron chi connectivity index (χ3n) is 5.56. The number of nitrogens with zero attached hydrogens (tertiary/aromatic N) is 1. The Kier molecular flexibility index (Phi) is 11.4. The summed E-state index contributed by atoms with van der Waals surface area (Å²) in [6.07, 6.45) is 0.387. The summed E-state index contributed by atoms with van der Waals surface area (Å²) in [5.41, 5.74) is 7.15. The van der Waals surface area contributed by atoms with Crippen molar-refractivity contribution >= 4 is 23.8 Å². The number of carbonyl (C=O) groups excluding carboxylic acids is 4. The molecule has 0 aliphatic carbocycles. The molecule has 3 unspecified atom stereocenters. The molecule has 0 aliphatic heterocycles. The topological polar surface area (TPSA) is 131 Å². The van der Waals surface area contributed by atoms with E-state index >= 15 is 0 Å². The number of primary amides is 1. The lowest BCUT2D eigenvalue weighted by molar-refractivity contribution is -0.145. The van der Waals surface area contributed by atoms with E-state index < -0.39 is 48.1 Å². The fraction of sp³-hybridized carbons (Fsp3) is 0.630. The van der Waals surface area contributed by atoms with E-state index in [0.717, 1.165) is 24.0 Å². The number of nitrogens with one attached hydrogen (secondary N) is 2. The first-order chi connectivity index (χ1) is 16.6. The molecule has 0 spiro atoms. The number of nitrogens with two attached hydrogens (primary N) is 1. The van der Waals surface area contributed by atoms with Crippen molar-refractivity contribution in [3.8, 4) is 0 Å². The molecule has 202 valence electrons. The Labute approximate surface area is 215 Å². The Morgan fingerprint density at radius 1 is 1.06 bits per heavy atom. The van der Waals surface area contributed by atoms with Crippen LogP contribution >= 0.6 is 0 Å². The van der Waals surface area contributed by atoms with Crippen molar-refractivity contribution in [2.45, 2.75) is 111 Å². The number of carbonyl (C=O) groups is 4. The van der Waals surface area contributed by atoms with Crippen LogP contribution in [0.25, 0.3) is 0 Å². The van der Waals surface area contributed by atoms with Crippen LogP contribution in [0.3, 0.4) is 0 Å². The molecule has 0 bridgehead atoms. The van der Waals surface area contributed by atoms with Crippen molar-refractivity contribution in [1.82, 2.24) is 15.5 Å². The lowest BCUT2D eigenvalue weighted by atomic mass is 9.95. The van der Waals surface area contributed by atoms with Gasteiger partial charge in [0.1, 0.15) is 17.7 Å². The minimum atomic E-state index is -1.30. The van der Waals surface area contributed by atoms with Crippen molar-refractivity contribution < 1.29 is 23.9 Å². The summed E-state index contributed by atoms with van der Waals surface area (Å²) < 4.78 is 5.29. The fourth-order valence-corrected chi connectivity index (χ4v) is 4.09. The minimum Gasteiger partial charge on any atom is -0.444 e. The molecule has 1 aromatic rings. The van der Waals surface area contributed by atoms with Crippen LogP contribution in [0.15, 0.2) is 18.2 Å². The number of alkyl carbamates (subject to hydrolysis) is 1. The Morgan fingerprint density at radius 2 is 1.67 bits per heavy atom. The van der Waals surface area contributed by atoms with Crippen LogP contribution in [-0.2, 0) is 19.1 Å². The van der Waals surface area contributed by atoms with Crippen LogP contribution in [-0.4, -0.2) is 52.4 Å². The van der Waals surface area contributed by atoms with Gasteiger partial charge >= 0.3 is 6.09 Å². The SMILES string of the molecule is CCCC(C)NC(=O)C(c1ccc(C)cc1C)N(C(=O)C(CC(N)=O)NC(=O)OC(C)(C)C)C(C)C. The molecule has 0 aliphatic rings. The van der Waals surface area contributed by atoms with Gasteiger partial charge in [-0.15, -0.1) is 0 Å². The molecule has 3 atom stereocenters. The Hall–Kier alpha value is -3.10. The van der Waals surface area contributed by atoms with Gasteiger partial charge in [-0.05, 0) is 72.9 Å². The van der Waals surface area contributed by atoms with E-state index in [0.29, 0.717) is 5.56 Å². The first kappa shape index (κ1) is 30.9. The summed E-state index contributed by atoms with van der Waals surface area (Å²) in [4.78, 5) is 53.3. The van der Waals surface area contributed by atoms with E-state index in [9.17, 15) is 19.2 Å². The molecule has 9 heteroatoms. The zero-order valence-electron chi connectivity index (χ0n) is 23.2. The molecule has 0 radical (unpaired) electrons. The molecule has 0 heterocycles. The monoisotopic (exact) mass is 504 g/mol. The highest BCUT2D eigenvalue weighted by atomic mass is 16.6. The van der Waals surface area contributed by atoms with E-state index in [1.807, 2.05) is 45.9 Å². The van der Waals surface area contributed by atoms with Crippen LogP contribution in [0.1, 0.15) is 90.5 Å². The van der Waals surface area contributed by atoms with E-state index in [2.05, 4.69) is 10.6 Å². The van der Waals surface area contributed by atoms with Crippen LogP contribution in [0.4, 0.5) is 4.79 Å². The summed E-state index contributed by atoms with van der Waals surface area (Å²) in [6.45, 7) is 16.4. The van der Waals surface area contributed by atoms with Crippen LogP contribution in [0, 0.1) is 13.8 Å². The average molecular weight is 505 g/mol. The molecule has 9 nitrogen and oxygen atoms in total. The third kappa shape index (κ3) is 9.51. The number of hydrogen-bond donors (Lipinski definition) is 3. The van der Waals surface area contributed by atoms with Gasteiger partial charge in [0.25, 0.3) is 0 Å². The van der Waals surface area contributed by atoms with E-state index in [-0.39, 0.29) is 11.9 Å². The normalized spacial score (nSPS) is 13.9. The molecular formula is C27H44N4O5. The van der Waals surface area contributed by atoms with Gasteiger partial charge in [0.15, 0.2) is 0 Å². The van der Waals surface area contributed by atoms with Crippen LogP contribution in [0.5, 0.6) is 0 Å². The standard InChI is InChI=1S/C27H44N4O5/c1-10-11-19(6)29-24(33)23(20-13-12-17(4)14-18(20)5)31(16(2)3)25(34)21(15-22(28)32)30-26(35)36-27(7,8)9/h12-14,16,19,21,23H,10-11,15H2,1-9H3,(H2,28,32)(H,29,33)(H,30,35). The highest BCUT2D eigenvalue weighted by Gasteiger charge is 2.39. The smallest absolute Gasteiger partial charge is 0.408 e. The maximum absolute atomic E-state index is 13.9. The third-order valence-corrected chi connectivity index (χ3v) is 5.56. The van der Waals surface area contributed by atoms with Gasteiger partial charge in [-0.25, -0.2) is 4.79 Å². The molecule has 0 aromatic heterocycles. The molecule has 0 saturated carbocycles. The first-order valence-electron chi connectivity index (χ1n) is 12.5. The second-order valence-corrected chi connectivity index (χ2v) is 10.7. The average Bonchev–Trinajstić information content (AvgIpc) is 2.69. The van der Waals surface area contributed by atoms with E-state index in [4.69, 9.17) is 10.5 Å². The second kappa shape index (κ2) is 13.3. The fourth-order valence-electron chi connectivity index (χ4n) is 4.09. The van der Waals surface area contributed by atoms with Crippen molar-refractivity contribution in [2.24, 2.45) is 5.73 Å². The van der Waals surface area contributed by atoms with Gasteiger partial charge in [-0.3, -0.25) is 14.4 Å². The van der Waals surface area contributed by atoms with Gasteiger partial charge < -0.3 is 26.0 Å². The molecule has 0 saturated heterocycles. The maximum atomic E-state index is 13.9. The number of rotatable bonds is 11. The Bertz CT molecular complexity index is 939. The van der Waals surface area contributed by atoms with Crippen LogP contribution < -0.4 is 16.4 Å². The summed E-state index contributed by atoms with van der Waals surface area (Å²) in [5.74, 6) is -1.70. The van der Waals surface area contributed by atoms with Crippen molar-refractivity contribution in [2.75, 3.05) is 0 Å². The van der Waals surface area contributed by atoms with E-state index in [1.54, 1.807) is 34.6 Å². The van der Waals surface area contributed by atoms with Gasteiger partial charge in [-0.2, -0.15) is 0 Å². The van der Waals surface area contributed by atoms with Gasteiger partial charge in [0, 0.05) is 12.1 Å². The number of ether oxygens (including phenoxy) is 1. The lowest BCUT2D eigenvalue weighted by Crippen LogP contribution is -2.56. The van der Waals surface area contributed by atoms with Crippen molar-refractivity contribution in [3.63, 3.8) is 0 Å². The van der Waals surface area contributed by atoms with Gasteiger partial charge in [0.2, 0.25) is 17.7 Å². The van der Waals surface area contributed by atoms with Crippen molar-refractivity contribution in [3.05, 3.63) is 34.9 Å². The Balaban J connectivity index is 3.54. The molecule has 1 aromatic carbocycles. The quantitative estimate of drug-likeness (QED) is 0.423. The molecule has 0 fully saturated rings. The molecular weight excluding hydrogens is 460 g/mol.